The molecule has 4 saturated carbocycles. The Balaban J connectivity index is 1.83. The molecule has 0 radical (unpaired) electrons. The minimum Gasteiger partial charge on any atom is -0.381 e. The van der Waals surface area contributed by atoms with E-state index in [0.717, 1.165) is 32.8 Å². The molecule has 0 unspecified atom stereocenters. The number of allylic oxidation sites excluding steroid dienone is 3. The second kappa shape index (κ2) is 8.00. The van der Waals surface area contributed by atoms with E-state index in [9.17, 15) is 13.9 Å². The van der Waals surface area contributed by atoms with Crippen molar-refractivity contribution >= 4 is 0 Å². The Morgan fingerprint density at radius 1 is 1.03 bits per heavy atom. The summed E-state index contributed by atoms with van der Waals surface area (Å²) in [6.45, 7) is 16.5. The summed E-state index contributed by atoms with van der Waals surface area (Å²) >= 11 is 0. The summed E-state index contributed by atoms with van der Waals surface area (Å²) in [4.78, 5) is 0. The Kier molecular flexibility index (Phi) is 6.02. The van der Waals surface area contributed by atoms with Crippen LogP contribution in [0.5, 0.6) is 0 Å². The molecular formula is C29H39F3O2. The van der Waals surface area contributed by atoms with Gasteiger partial charge in [0.25, 0.3) is 0 Å². The zero-order valence-corrected chi connectivity index (χ0v) is 20.9. The quantitative estimate of drug-likeness (QED) is 0.333. The Bertz CT molecular complexity index is 962. The molecule has 34 heavy (non-hydrogen) atoms. The fourth-order valence-electron chi connectivity index (χ4n) is 9.31. The molecule has 0 heterocycles. The first-order chi connectivity index (χ1) is 15.8. The normalized spacial score (nSPS) is 47.9. The highest BCUT2D eigenvalue weighted by Gasteiger charge is 2.73. The third-order valence-corrected chi connectivity index (χ3v) is 10.7. The number of alkyl halides is 3. The van der Waals surface area contributed by atoms with Gasteiger partial charge in [-0.05, 0) is 87.7 Å². The largest absolute Gasteiger partial charge is 0.384 e. The smallest absolute Gasteiger partial charge is 0.381 e. The van der Waals surface area contributed by atoms with E-state index in [0.29, 0.717) is 12.3 Å². The van der Waals surface area contributed by atoms with Crippen molar-refractivity contribution in [2.45, 2.75) is 89.0 Å². The van der Waals surface area contributed by atoms with Gasteiger partial charge in [-0.2, -0.15) is 8.78 Å². The number of aliphatic hydroxyl groups is 1. The third kappa shape index (κ3) is 3.10. The minimum absolute atomic E-state index is 0.0541. The van der Waals surface area contributed by atoms with Gasteiger partial charge in [0.1, 0.15) is 5.67 Å². The molecule has 0 aromatic heterocycles. The molecule has 5 heteroatoms. The lowest BCUT2D eigenvalue weighted by molar-refractivity contribution is -0.344. The number of methoxy groups -OCH3 is 1. The monoisotopic (exact) mass is 476 g/mol. The Labute approximate surface area is 202 Å². The standard InChI is InChI=1S/C29H39F3O2/c1-7-12-25-18-17-24(5)21(20(3)4)9-14-26(24,13-8-2)22(25)10-15-27(30)19-28(33,16-11-23(25)27)29(31,32)34-6/h12-13,21-23,33H,1-3,9-11,14-19H2,4-6H3/t21-,22-,23-,24-,25+,26+,27-,28-/m1/s1. The Hall–Kier alpha value is -1.51. The molecule has 0 saturated heterocycles. The number of hydrogen-bond acceptors (Lipinski definition) is 2. The highest BCUT2D eigenvalue weighted by atomic mass is 19.3. The van der Waals surface area contributed by atoms with Crippen LogP contribution in [0.3, 0.4) is 0 Å². The van der Waals surface area contributed by atoms with Gasteiger partial charge >= 0.3 is 6.11 Å². The molecule has 0 bridgehead atoms. The Morgan fingerprint density at radius 3 is 2.26 bits per heavy atom. The van der Waals surface area contributed by atoms with Crippen molar-refractivity contribution in [3.8, 4) is 0 Å². The summed E-state index contributed by atoms with van der Waals surface area (Å²) in [5.74, 6) is -0.0456. The van der Waals surface area contributed by atoms with Crippen LogP contribution in [0, 0.1) is 34.0 Å². The van der Waals surface area contributed by atoms with Gasteiger partial charge in [0.15, 0.2) is 5.60 Å². The van der Waals surface area contributed by atoms with Crippen LogP contribution in [0.1, 0.15) is 71.6 Å². The summed E-state index contributed by atoms with van der Waals surface area (Å²) < 4.78 is 50.2. The first-order valence-corrected chi connectivity index (χ1v) is 12.5. The predicted molar refractivity (Wildman–Crippen MR) is 128 cm³/mol. The highest BCUT2D eigenvalue weighted by molar-refractivity contribution is 5.30. The van der Waals surface area contributed by atoms with Crippen LogP contribution in [0.25, 0.3) is 0 Å². The average Bonchev–Trinajstić information content (AvgIpc) is 3.06. The predicted octanol–water partition coefficient (Wildman–Crippen LogP) is 7.32. The van der Waals surface area contributed by atoms with E-state index in [-0.39, 0.29) is 36.0 Å². The van der Waals surface area contributed by atoms with Gasteiger partial charge < -0.3 is 9.84 Å². The van der Waals surface area contributed by atoms with Crippen LogP contribution in [0.4, 0.5) is 13.2 Å². The Morgan fingerprint density at radius 2 is 1.68 bits per heavy atom. The van der Waals surface area contributed by atoms with Gasteiger partial charge in [-0.25, -0.2) is 4.39 Å². The van der Waals surface area contributed by atoms with Gasteiger partial charge in [-0.3, -0.25) is 0 Å². The van der Waals surface area contributed by atoms with Crippen LogP contribution in [-0.4, -0.2) is 29.6 Å². The van der Waals surface area contributed by atoms with Crippen LogP contribution < -0.4 is 0 Å². The second-order valence-electron chi connectivity index (χ2n) is 11.9. The van der Waals surface area contributed by atoms with Crippen molar-refractivity contribution in [1.29, 1.82) is 0 Å². The molecule has 8 atom stereocenters. The van der Waals surface area contributed by atoms with E-state index >= 15 is 4.39 Å². The zero-order chi connectivity index (χ0) is 25.2. The molecular weight excluding hydrogens is 437 g/mol. The van der Waals surface area contributed by atoms with E-state index in [4.69, 9.17) is 0 Å². The van der Waals surface area contributed by atoms with Crippen molar-refractivity contribution in [3.05, 3.63) is 48.9 Å². The maximum absolute atomic E-state index is 16.8. The van der Waals surface area contributed by atoms with Crippen LogP contribution in [0.15, 0.2) is 48.9 Å². The molecule has 0 aliphatic heterocycles. The van der Waals surface area contributed by atoms with Gasteiger partial charge in [0, 0.05) is 30.3 Å². The lowest BCUT2D eigenvalue weighted by Gasteiger charge is -2.67. The van der Waals surface area contributed by atoms with E-state index in [1.54, 1.807) is 0 Å². The second-order valence-corrected chi connectivity index (χ2v) is 11.9. The van der Waals surface area contributed by atoms with Crippen molar-refractivity contribution in [1.82, 2.24) is 0 Å². The molecule has 0 aromatic rings. The highest BCUT2D eigenvalue weighted by Crippen LogP contribution is 2.77. The van der Waals surface area contributed by atoms with Crippen molar-refractivity contribution < 1.29 is 23.0 Å². The SMILES string of the molecule is C=C=C[C@]12CC[C@]3(C)[C@@H](C(=C)C)CC[C@@]3(C=C=C)[C@@H]1CC[C@@]1(F)C[C@@](O)(C(F)(F)OC)CC[C@@H]12. The van der Waals surface area contributed by atoms with Crippen LogP contribution in [-0.2, 0) is 4.74 Å². The summed E-state index contributed by atoms with van der Waals surface area (Å²) in [6, 6.07) is 0. The molecule has 0 aromatic carbocycles. The van der Waals surface area contributed by atoms with Gasteiger partial charge in [0.2, 0.25) is 0 Å². The van der Waals surface area contributed by atoms with E-state index in [2.05, 4.69) is 55.9 Å². The topological polar surface area (TPSA) is 29.5 Å². The van der Waals surface area contributed by atoms with Gasteiger partial charge in [-0.1, -0.05) is 32.2 Å². The summed E-state index contributed by atoms with van der Waals surface area (Å²) in [6.07, 6.45) is 3.84. The molecule has 4 aliphatic rings. The third-order valence-electron chi connectivity index (χ3n) is 10.7. The number of rotatable bonds is 5. The maximum atomic E-state index is 16.8. The molecule has 0 spiro atoms. The first kappa shape index (κ1) is 25.6. The molecule has 1 N–H and O–H groups in total. The average molecular weight is 477 g/mol. The number of hydrogen-bond donors (Lipinski definition) is 1. The lowest BCUT2D eigenvalue weighted by Crippen LogP contribution is -2.67. The summed E-state index contributed by atoms with van der Waals surface area (Å²) in [5.41, 5.74) is 1.95. The van der Waals surface area contributed by atoms with Gasteiger partial charge in [-0.15, -0.1) is 11.5 Å². The molecule has 4 rings (SSSR count). The van der Waals surface area contributed by atoms with E-state index in [1.807, 2.05) is 6.08 Å². The van der Waals surface area contributed by atoms with Crippen molar-refractivity contribution in [2.75, 3.05) is 7.11 Å². The summed E-state index contributed by atoms with van der Waals surface area (Å²) in [5, 5.41) is 10.8. The zero-order valence-electron chi connectivity index (χ0n) is 20.9. The van der Waals surface area contributed by atoms with Crippen molar-refractivity contribution in [2.24, 2.45) is 34.0 Å². The number of ether oxygens (including phenoxy) is 1. The first-order valence-electron chi connectivity index (χ1n) is 12.5. The van der Waals surface area contributed by atoms with E-state index < -0.39 is 35.1 Å². The fourth-order valence-corrected chi connectivity index (χ4v) is 9.31. The van der Waals surface area contributed by atoms with Crippen LogP contribution in [0.2, 0.25) is 0 Å². The summed E-state index contributed by atoms with van der Waals surface area (Å²) in [7, 11) is 0.860. The maximum Gasteiger partial charge on any atom is 0.384 e. The minimum atomic E-state index is -3.80. The lowest BCUT2D eigenvalue weighted by atomic mass is 9.37. The molecule has 4 aliphatic carbocycles. The van der Waals surface area contributed by atoms with Gasteiger partial charge in [0.05, 0.1) is 0 Å². The van der Waals surface area contributed by atoms with Crippen molar-refractivity contribution in [3.63, 3.8) is 0 Å². The van der Waals surface area contributed by atoms with E-state index in [1.165, 1.54) is 5.57 Å². The molecule has 4 fully saturated rings. The molecule has 0 amide bonds. The van der Waals surface area contributed by atoms with Crippen LogP contribution >= 0.6 is 0 Å². The number of halogens is 3. The fraction of sp³-hybridized carbons (Fsp3) is 0.724. The number of fused-ring (bicyclic) bond motifs is 5. The molecule has 188 valence electrons. The molecule has 2 nitrogen and oxygen atoms in total.